The Morgan fingerprint density at radius 1 is 1.21 bits per heavy atom. The molecule has 1 amide bonds. The molecular formula is C22H26F2N2O2. The molecule has 0 fully saturated rings. The molecule has 4 nitrogen and oxygen atoms in total. The lowest BCUT2D eigenvalue weighted by molar-refractivity contribution is -0.0436. The van der Waals surface area contributed by atoms with E-state index in [4.69, 9.17) is 0 Å². The van der Waals surface area contributed by atoms with Crippen LogP contribution in [0, 0.1) is 17.6 Å². The van der Waals surface area contributed by atoms with Crippen molar-refractivity contribution in [3.8, 4) is 0 Å². The van der Waals surface area contributed by atoms with Gasteiger partial charge in [0.1, 0.15) is 11.6 Å². The van der Waals surface area contributed by atoms with Crippen LogP contribution in [0.2, 0.25) is 0 Å². The number of carbonyl (C=O) groups is 1. The fraction of sp³-hybridized carbons (Fsp3) is 0.409. The van der Waals surface area contributed by atoms with E-state index in [0.29, 0.717) is 30.5 Å². The van der Waals surface area contributed by atoms with Crippen molar-refractivity contribution in [2.75, 3.05) is 27.7 Å². The average Bonchev–Trinajstić information content (AvgIpc) is 2.64. The third-order valence-corrected chi connectivity index (χ3v) is 5.56. The van der Waals surface area contributed by atoms with Crippen molar-refractivity contribution in [3.05, 3.63) is 70.3 Å². The van der Waals surface area contributed by atoms with E-state index in [2.05, 4.69) is 5.32 Å². The van der Waals surface area contributed by atoms with Gasteiger partial charge in [-0.15, -0.1) is 0 Å². The Hall–Kier alpha value is -2.31. The largest absolute Gasteiger partial charge is 0.384 e. The van der Waals surface area contributed by atoms with E-state index in [9.17, 15) is 18.7 Å². The van der Waals surface area contributed by atoms with Crippen LogP contribution in [-0.2, 0) is 18.4 Å². The van der Waals surface area contributed by atoms with Crippen molar-refractivity contribution in [1.82, 2.24) is 10.2 Å². The van der Waals surface area contributed by atoms with Crippen LogP contribution in [0.3, 0.4) is 0 Å². The van der Waals surface area contributed by atoms with Crippen molar-refractivity contribution >= 4 is 5.91 Å². The predicted molar refractivity (Wildman–Crippen MR) is 104 cm³/mol. The van der Waals surface area contributed by atoms with Crippen molar-refractivity contribution in [2.45, 2.75) is 24.9 Å². The van der Waals surface area contributed by atoms with Crippen molar-refractivity contribution in [1.29, 1.82) is 0 Å². The summed E-state index contributed by atoms with van der Waals surface area (Å²) in [6.07, 6.45) is 1.52. The average molecular weight is 388 g/mol. The second-order valence-electron chi connectivity index (χ2n) is 7.78. The highest BCUT2D eigenvalue weighted by Crippen LogP contribution is 2.43. The number of hydrogen-bond acceptors (Lipinski definition) is 3. The smallest absolute Gasteiger partial charge is 0.251 e. The summed E-state index contributed by atoms with van der Waals surface area (Å²) in [6, 6.07) is 8.48. The van der Waals surface area contributed by atoms with Gasteiger partial charge in [0.25, 0.3) is 5.91 Å². The van der Waals surface area contributed by atoms with Crippen LogP contribution in [0.4, 0.5) is 8.78 Å². The summed E-state index contributed by atoms with van der Waals surface area (Å²) in [5.74, 6) is -1.36. The van der Waals surface area contributed by atoms with E-state index in [1.807, 2.05) is 19.0 Å². The molecule has 150 valence electrons. The van der Waals surface area contributed by atoms with E-state index in [1.165, 1.54) is 31.3 Å². The van der Waals surface area contributed by atoms with Gasteiger partial charge >= 0.3 is 0 Å². The number of nitrogens with one attached hydrogen (secondary N) is 1. The molecule has 28 heavy (non-hydrogen) atoms. The Kier molecular flexibility index (Phi) is 5.82. The van der Waals surface area contributed by atoms with E-state index in [1.54, 1.807) is 12.1 Å². The normalized spacial score (nSPS) is 21.5. The maximum Gasteiger partial charge on any atom is 0.251 e. The van der Waals surface area contributed by atoms with Gasteiger partial charge in [-0.1, -0.05) is 12.1 Å². The SMILES string of the molecule is CNC(=O)c1cc(F)ccc1CC1(O)c2ccc(F)cc2CCC1CN(C)C. The van der Waals surface area contributed by atoms with Gasteiger partial charge in [0.05, 0.1) is 5.60 Å². The molecule has 0 aliphatic heterocycles. The highest BCUT2D eigenvalue weighted by Gasteiger charge is 2.43. The first-order valence-corrected chi connectivity index (χ1v) is 9.41. The third-order valence-electron chi connectivity index (χ3n) is 5.56. The zero-order chi connectivity index (χ0) is 20.5. The van der Waals surface area contributed by atoms with Gasteiger partial charge in [0.15, 0.2) is 0 Å². The second-order valence-corrected chi connectivity index (χ2v) is 7.78. The van der Waals surface area contributed by atoms with Crippen LogP contribution in [0.5, 0.6) is 0 Å². The number of benzene rings is 2. The molecule has 0 heterocycles. The van der Waals surface area contributed by atoms with Crippen LogP contribution in [0.25, 0.3) is 0 Å². The molecule has 2 N–H and O–H groups in total. The molecule has 2 aromatic carbocycles. The number of hydrogen-bond donors (Lipinski definition) is 2. The van der Waals surface area contributed by atoms with Crippen LogP contribution >= 0.6 is 0 Å². The first-order valence-electron chi connectivity index (χ1n) is 9.41. The number of amides is 1. The molecule has 1 aliphatic rings. The monoisotopic (exact) mass is 388 g/mol. The van der Waals surface area contributed by atoms with Crippen LogP contribution in [0.15, 0.2) is 36.4 Å². The highest BCUT2D eigenvalue weighted by molar-refractivity contribution is 5.95. The van der Waals surface area contributed by atoms with E-state index >= 15 is 0 Å². The number of rotatable bonds is 5. The van der Waals surface area contributed by atoms with E-state index in [-0.39, 0.29) is 23.7 Å². The molecule has 2 atom stereocenters. The summed E-state index contributed by atoms with van der Waals surface area (Å²) in [4.78, 5) is 14.3. The van der Waals surface area contributed by atoms with Crippen molar-refractivity contribution in [3.63, 3.8) is 0 Å². The lowest BCUT2D eigenvalue weighted by Crippen LogP contribution is -2.46. The Balaban J connectivity index is 2.10. The summed E-state index contributed by atoms with van der Waals surface area (Å²) in [5, 5.41) is 14.4. The number of nitrogens with zero attached hydrogens (tertiary/aromatic N) is 1. The van der Waals surface area contributed by atoms with E-state index in [0.717, 1.165) is 5.56 Å². The first kappa shape index (κ1) is 20.4. The zero-order valence-corrected chi connectivity index (χ0v) is 16.4. The van der Waals surface area contributed by atoms with Crippen molar-refractivity contribution < 1.29 is 18.7 Å². The summed E-state index contributed by atoms with van der Waals surface area (Å²) < 4.78 is 27.5. The highest BCUT2D eigenvalue weighted by atomic mass is 19.1. The molecule has 0 bridgehead atoms. The molecule has 0 radical (unpaired) electrons. The Morgan fingerprint density at radius 2 is 1.89 bits per heavy atom. The summed E-state index contributed by atoms with van der Waals surface area (Å²) >= 11 is 0. The minimum atomic E-state index is -1.29. The molecule has 2 aromatic rings. The Morgan fingerprint density at radius 3 is 2.57 bits per heavy atom. The molecule has 0 aromatic heterocycles. The maximum absolute atomic E-state index is 13.8. The topological polar surface area (TPSA) is 52.6 Å². The van der Waals surface area contributed by atoms with Gasteiger partial charge in [0, 0.05) is 31.5 Å². The zero-order valence-electron chi connectivity index (χ0n) is 16.4. The number of aliphatic hydroxyl groups is 1. The maximum atomic E-state index is 13.8. The van der Waals surface area contributed by atoms with Gasteiger partial charge in [-0.25, -0.2) is 8.78 Å². The fourth-order valence-corrected chi connectivity index (χ4v) is 4.24. The second kappa shape index (κ2) is 7.97. The quantitative estimate of drug-likeness (QED) is 0.828. The van der Waals surface area contributed by atoms with Gasteiger partial charge < -0.3 is 15.3 Å². The molecule has 6 heteroatoms. The van der Waals surface area contributed by atoms with Crippen molar-refractivity contribution in [2.24, 2.45) is 5.92 Å². The van der Waals surface area contributed by atoms with Gasteiger partial charge in [-0.2, -0.15) is 0 Å². The number of carbonyl (C=O) groups excluding carboxylic acids is 1. The molecule has 1 aliphatic carbocycles. The Labute approximate surface area is 164 Å². The molecule has 2 unspecified atom stereocenters. The lowest BCUT2D eigenvalue weighted by Gasteiger charge is -2.43. The van der Waals surface area contributed by atoms with Gasteiger partial charge in [0.2, 0.25) is 0 Å². The first-order chi connectivity index (χ1) is 13.2. The van der Waals surface area contributed by atoms with Gasteiger partial charge in [-0.05, 0) is 67.9 Å². The lowest BCUT2D eigenvalue weighted by atomic mass is 9.68. The van der Waals surface area contributed by atoms with Crippen LogP contribution in [-0.4, -0.2) is 43.6 Å². The molecule has 3 rings (SSSR count). The fourth-order valence-electron chi connectivity index (χ4n) is 4.24. The number of fused-ring (bicyclic) bond motifs is 1. The third kappa shape index (κ3) is 3.93. The molecular weight excluding hydrogens is 362 g/mol. The summed E-state index contributed by atoms with van der Waals surface area (Å²) in [7, 11) is 5.36. The minimum Gasteiger partial charge on any atom is -0.384 e. The molecule has 0 spiro atoms. The predicted octanol–water partition coefficient (Wildman–Crippen LogP) is 2.88. The van der Waals surface area contributed by atoms with Gasteiger partial charge in [-0.3, -0.25) is 4.79 Å². The summed E-state index contributed by atoms with van der Waals surface area (Å²) in [6.45, 7) is 0.643. The Bertz CT molecular complexity index is 885. The van der Waals surface area contributed by atoms with Crippen LogP contribution < -0.4 is 5.32 Å². The van der Waals surface area contributed by atoms with E-state index < -0.39 is 17.3 Å². The summed E-state index contributed by atoms with van der Waals surface area (Å²) in [5.41, 5.74) is 0.935. The number of halogens is 2. The molecule has 0 saturated carbocycles. The minimum absolute atomic E-state index is 0.108. The van der Waals surface area contributed by atoms with Crippen LogP contribution in [0.1, 0.15) is 33.5 Å². The molecule has 0 saturated heterocycles. The standard InChI is InChI=1S/C22H26F2N2O2/c1-25-21(27)19-11-18(24)7-5-15(19)12-22(28)16(13-26(2)3)6-4-14-10-17(23)8-9-20(14)22/h5,7-11,16,28H,4,6,12-13H2,1-3H3,(H,25,27). The number of aryl methyl sites for hydroxylation is 1.